The molecule has 2 aliphatic rings. The molecule has 1 aliphatic carbocycles. The third-order valence-corrected chi connectivity index (χ3v) is 6.14. The maximum atomic E-state index is 6.65. The molecule has 27 heavy (non-hydrogen) atoms. The van der Waals surface area contributed by atoms with E-state index in [9.17, 15) is 0 Å². The van der Waals surface area contributed by atoms with Crippen molar-refractivity contribution in [3.05, 3.63) is 59.4 Å². The highest BCUT2D eigenvalue weighted by Crippen LogP contribution is 2.39. The smallest absolute Gasteiger partial charge is 0.124 e. The first-order valence-electron chi connectivity index (χ1n) is 10.1. The van der Waals surface area contributed by atoms with E-state index in [4.69, 9.17) is 4.74 Å². The van der Waals surface area contributed by atoms with Gasteiger partial charge < -0.3 is 4.74 Å². The summed E-state index contributed by atoms with van der Waals surface area (Å²) >= 11 is 0. The number of likely N-dealkylation sites (N-methyl/N-ethyl adjacent to an activating group) is 1. The van der Waals surface area contributed by atoms with E-state index in [1.165, 1.54) is 18.4 Å². The van der Waals surface area contributed by atoms with Crippen molar-refractivity contribution >= 4 is 0 Å². The lowest BCUT2D eigenvalue weighted by molar-refractivity contribution is -0.0109. The van der Waals surface area contributed by atoms with Crippen molar-refractivity contribution in [3.63, 3.8) is 0 Å². The standard InChI is InChI=1S/C23H31N3O/c1-18-7-6-9-20(24-18)16-26(3)21-11-13-23(14-12-21)17-25(2)15-19-8-4-5-10-22(19)27-23/h4-10,21H,11-17H2,1-3H3. The second kappa shape index (κ2) is 7.61. The molecule has 0 N–H and O–H groups in total. The van der Waals surface area contributed by atoms with Crippen molar-refractivity contribution < 1.29 is 4.74 Å². The summed E-state index contributed by atoms with van der Waals surface area (Å²) in [5.41, 5.74) is 3.52. The van der Waals surface area contributed by atoms with Crippen LogP contribution in [0.25, 0.3) is 0 Å². The molecule has 4 rings (SSSR count). The van der Waals surface area contributed by atoms with Gasteiger partial charge in [-0.15, -0.1) is 0 Å². The van der Waals surface area contributed by atoms with Crippen molar-refractivity contribution in [1.29, 1.82) is 0 Å². The van der Waals surface area contributed by atoms with Gasteiger partial charge in [0.05, 0.1) is 5.69 Å². The Balaban J connectivity index is 1.42. The molecule has 4 heteroatoms. The van der Waals surface area contributed by atoms with E-state index >= 15 is 0 Å². The number of pyridine rings is 1. The Morgan fingerprint density at radius 3 is 2.70 bits per heavy atom. The summed E-state index contributed by atoms with van der Waals surface area (Å²) in [6.07, 6.45) is 4.58. The van der Waals surface area contributed by atoms with Crippen LogP contribution >= 0.6 is 0 Å². The molecule has 1 fully saturated rings. The Morgan fingerprint density at radius 2 is 1.93 bits per heavy atom. The zero-order valence-corrected chi connectivity index (χ0v) is 16.8. The van der Waals surface area contributed by atoms with Crippen LogP contribution in [0.4, 0.5) is 0 Å². The fraction of sp³-hybridized carbons (Fsp3) is 0.522. The number of ether oxygens (including phenoxy) is 1. The highest BCUT2D eigenvalue weighted by molar-refractivity contribution is 5.35. The van der Waals surface area contributed by atoms with Gasteiger partial charge in [-0.05, 0) is 64.9 Å². The quantitative estimate of drug-likeness (QED) is 0.821. The van der Waals surface area contributed by atoms with Crippen LogP contribution in [0.3, 0.4) is 0 Å². The Labute approximate surface area is 163 Å². The zero-order valence-electron chi connectivity index (χ0n) is 16.8. The van der Waals surface area contributed by atoms with Gasteiger partial charge in [-0.25, -0.2) is 0 Å². The second-order valence-corrected chi connectivity index (χ2v) is 8.48. The van der Waals surface area contributed by atoms with Crippen LogP contribution in [0.2, 0.25) is 0 Å². The summed E-state index contributed by atoms with van der Waals surface area (Å²) in [4.78, 5) is 9.56. The molecule has 2 aromatic rings. The van der Waals surface area contributed by atoms with E-state index in [0.717, 1.165) is 49.6 Å². The maximum absolute atomic E-state index is 6.65. The molecule has 0 radical (unpaired) electrons. The third kappa shape index (κ3) is 4.17. The van der Waals surface area contributed by atoms with Crippen molar-refractivity contribution in [2.24, 2.45) is 0 Å². The van der Waals surface area contributed by atoms with E-state index in [1.54, 1.807) is 0 Å². The fourth-order valence-electron chi connectivity index (χ4n) is 4.74. The number of fused-ring (bicyclic) bond motifs is 1. The number of aryl methyl sites for hydroxylation is 1. The molecular formula is C23H31N3O. The lowest BCUT2D eigenvalue weighted by atomic mass is 9.81. The number of hydrogen-bond acceptors (Lipinski definition) is 4. The summed E-state index contributed by atoms with van der Waals surface area (Å²) in [6.45, 7) is 4.96. The molecule has 0 saturated heterocycles. The minimum atomic E-state index is -0.0414. The molecular weight excluding hydrogens is 334 g/mol. The molecule has 2 heterocycles. The molecule has 1 aliphatic heterocycles. The molecule has 4 nitrogen and oxygen atoms in total. The van der Waals surface area contributed by atoms with Crippen LogP contribution in [0.15, 0.2) is 42.5 Å². The van der Waals surface area contributed by atoms with Crippen LogP contribution in [-0.2, 0) is 13.1 Å². The second-order valence-electron chi connectivity index (χ2n) is 8.48. The lowest BCUT2D eigenvalue weighted by Gasteiger charge is -2.43. The van der Waals surface area contributed by atoms with E-state index < -0.39 is 0 Å². The van der Waals surface area contributed by atoms with Crippen LogP contribution in [-0.4, -0.2) is 47.1 Å². The zero-order chi connectivity index (χ0) is 18.9. The third-order valence-electron chi connectivity index (χ3n) is 6.14. The van der Waals surface area contributed by atoms with E-state index in [-0.39, 0.29) is 5.60 Å². The van der Waals surface area contributed by atoms with Gasteiger partial charge in [0.1, 0.15) is 11.4 Å². The number of para-hydroxylation sites is 1. The first-order chi connectivity index (χ1) is 13.0. The Hall–Kier alpha value is -1.91. The van der Waals surface area contributed by atoms with E-state index in [0.29, 0.717) is 6.04 Å². The Morgan fingerprint density at radius 1 is 1.15 bits per heavy atom. The molecule has 1 spiro atoms. The molecule has 0 unspecified atom stereocenters. The average Bonchev–Trinajstić information content (AvgIpc) is 2.77. The summed E-state index contributed by atoms with van der Waals surface area (Å²) in [6, 6.07) is 15.4. The van der Waals surface area contributed by atoms with E-state index in [2.05, 4.69) is 78.3 Å². The number of rotatable bonds is 3. The number of hydrogen-bond donors (Lipinski definition) is 0. The average molecular weight is 366 g/mol. The van der Waals surface area contributed by atoms with Gasteiger partial charge in [0.2, 0.25) is 0 Å². The number of benzene rings is 1. The van der Waals surface area contributed by atoms with Crippen LogP contribution in [0.1, 0.15) is 42.6 Å². The number of aromatic nitrogens is 1. The minimum Gasteiger partial charge on any atom is -0.486 e. The van der Waals surface area contributed by atoms with Crippen molar-refractivity contribution in [3.8, 4) is 5.75 Å². The summed E-state index contributed by atoms with van der Waals surface area (Å²) < 4.78 is 6.65. The largest absolute Gasteiger partial charge is 0.486 e. The molecule has 0 amide bonds. The molecule has 0 bridgehead atoms. The van der Waals surface area contributed by atoms with Gasteiger partial charge in [-0.2, -0.15) is 0 Å². The van der Waals surface area contributed by atoms with Gasteiger partial charge in [-0.3, -0.25) is 14.8 Å². The normalized spacial score (nSPS) is 25.9. The van der Waals surface area contributed by atoms with E-state index in [1.807, 2.05) is 0 Å². The van der Waals surface area contributed by atoms with Crippen molar-refractivity contribution in [2.45, 2.75) is 57.3 Å². The molecule has 144 valence electrons. The SMILES string of the molecule is Cc1cccc(CN(C)C2CCC3(CC2)CN(C)Cc2ccccc2O3)n1. The van der Waals surface area contributed by atoms with Gasteiger partial charge in [0.15, 0.2) is 0 Å². The molecule has 1 saturated carbocycles. The highest BCUT2D eigenvalue weighted by Gasteiger charge is 2.41. The van der Waals surface area contributed by atoms with Gasteiger partial charge >= 0.3 is 0 Å². The van der Waals surface area contributed by atoms with Gasteiger partial charge in [0, 0.05) is 36.9 Å². The van der Waals surface area contributed by atoms with Crippen LogP contribution < -0.4 is 4.74 Å². The summed E-state index contributed by atoms with van der Waals surface area (Å²) in [5, 5.41) is 0. The molecule has 0 atom stereocenters. The highest BCUT2D eigenvalue weighted by atomic mass is 16.5. The van der Waals surface area contributed by atoms with Crippen molar-refractivity contribution in [2.75, 3.05) is 20.6 Å². The lowest BCUT2D eigenvalue weighted by Crippen LogP contribution is -2.50. The fourth-order valence-corrected chi connectivity index (χ4v) is 4.74. The topological polar surface area (TPSA) is 28.6 Å². The Kier molecular flexibility index (Phi) is 5.20. The first-order valence-corrected chi connectivity index (χ1v) is 10.1. The predicted molar refractivity (Wildman–Crippen MR) is 109 cm³/mol. The molecule has 1 aromatic carbocycles. The van der Waals surface area contributed by atoms with Gasteiger partial charge in [0.25, 0.3) is 0 Å². The monoisotopic (exact) mass is 365 g/mol. The van der Waals surface area contributed by atoms with Gasteiger partial charge in [-0.1, -0.05) is 24.3 Å². The summed E-state index contributed by atoms with van der Waals surface area (Å²) in [5.74, 6) is 1.08. The van der Waals surface area contributed by atoms with Crippen LogP contribution in [0.5, 0.6) is 5.75 Å². The minimum absolute atomic E-state index is 0.0414. The maximum Gasteiger partial charge on any atom is 0.124 e. The summed E-state index contributed by atoms with van der Waals surface area (Å²) in [7, 11) is 4.46. The predicted octanol–water partition coefficient (Wildman–Crippen LogP) is 4.03. The van der Waals surface area contributed by atoms with Crippen molar-refractivity contribution in [1.82, 2.24) is 14.8 Å². The Bertz CT molecular complexity index is 783. The molecule has 1 aromatic heterocycles. The van der Waals surface area contributed by atoms with Crippen LogP contribution in [0, 0.1) is 6.92 Å². The number of nitrogens with zero attached hydrogens (tertiary/aromatic N) is 3. The first kappa shape index (κ1) is 18.5.